The van der Waals surface area contributed by atoms with E-state index in [1.54, 1.807) is 26.3 Å². The molecule has 0 radical (unpaired) electrons. The molecule has 0 N–H and O–H groups in total. The smallest absolute Gasteiger partial charge is 0.387 e. The molecule has 0 saturated carbocycles. The van der Waals surface area contributed by atoms with Crippen LogP contribution < -0.4 is 4.74 Å². The lowest BCUT2D eigenvalue weighted by Crippen LogP contribution is -2.38. The Morgan fingerprint density at radius 1 is 1.18 bits per heavy atom. The third-order valence-corrected chi connectivity index (χ3v) is 4.43. The van der Waals surface area contributed by atoms with Gasteiger partial charge in [0.05, 0.1) is 12.9 Å². The number of carbonyl (C=O) groups excluding carboxylic acids is 1. The summed E-state index contributed by atoms with van der Waals surface area (Å²) in [5.41, 5.74) is 0.866. The molecular weight excluding hydrogens is 366 g/mol. The first-order chi connectivity index (χ1) is 13.5. The highest BCUT2D eigenvalue weighted by Crippen LogP contribution is 2.39. The van der Waals surface area contributed by atoms with Crippen LogP contribution in [0.5, 0.6) is 5.75 Å². The van der Waals surface area contributed by atoms with Gasteiger partial charge < -0.3 is 14.4 Å². The van der Waals surface area contributed by atoms with Crippen LogP contribution >= 0.6 is 0 Å². The second kappa shape index (κ2) is 8.31. The van der Waals surface area contributed by atoms with Gasteiger partial charge in [-0.2, -0.15) is 8.78 Å². The summed E-state index contributed by atoms with van der Waals surface area (Å²) in [6.07, 6.45) is 5.24. The summed E-state index contributed by atoms with van der Waals surface area (Å²) in [7, 11) is 3.24. The number of nitrogens with zero attached hydrogens (tertiary/aromatic N) is 2. The van der Waals surface area contributed by atoms with Crippen LogP contribution in [0.1, 0.15) is 16.7 Å². The molecule has 2 aromatic carbocycles. The van der Waals surface area contributed by atoms with Gasteiger partial charge in [0.25, 0.3) is 5.91 Å². The molecule has 1 heterocycles. The Hall–Kier alpha value is -3.06. The third kappa shape index (κ3) is 3.80. The van der Waals surface area contributed by atoms with Gasteiger partial charge in [-0.3, -0.25) is 4.79 Å². The lowest BCUT2D eigenvalue weighted by molar-refractivity contribution is -0.129. The van der Waals surface area contributed by atoms with Crippen molar-refractivity contribution in [1.29, 1.82) is 0 Å². The van der Waals surface area contributed by atoms with Crippen LogP contribution in [0.4, 0.5) is 8.78 Å². The van der Waals surface area contributed by atoms with Crippen LogP contribution in [0.25, 0.3) is 6.08 Å². The molecule has 0 unspecified atom stereocenters. The fourth-order valence-corrected chi connectivity index (χ4v) is 3.12. The van der Waals surface area contributed by atoms with Crippen molar-refractivity contribution in [3.05, 3.63) is 71.3 Å². The van der Waals surface area contributed by atoms with E-state index in [-0.39, 0.29) is 11.7 Å². The van der Waals surface area contributed by atoms with Crippen LogP contribution in [0, 0.1) is 0 Å². The lowest BCUT2D eigenvalue weighted by atomic mass is 9.82. The predicted octanol–water partition coefficient (Wildman–Crippen LogP) is 3.69. The molecule has 2 aromatic rings. The summed E-state index contributed by atoms with van der Waals surface area (Å²) in [6, 6.07) is 13.4. The molecule has 1 aliphatic heterocycles. The molecule has 1 amide bonds. The Morgan fingerprint density at radius 2 is 1.93 bits per heavy atom. The number of aliphatic imine (C=N–C) groups is 1. The Kier molecular flexibility index (Phi) is 5.84. The van der Waals surface area contributed by atoms with Gasteiger partial charge in [0.15, 0.2) is 5.54 Å². The summed E-state index contributed by atoms with van der Waals surface area (Å²) in [5.74, 6) is -0.207. The zero-order chi connectivity index (χ0) is 20.1. The highest BCUT2D eigenvalue weighted by atomic mass is 19.3. The van der Waals surface area contributed by atoms with Crippen LogP contribution in [0.3, 0.4) is 0 Å². The van der Waals surface area contributed by atoms with Gasteiger partial charge in [-0.25, -0.2) is 4.99 Å². The number of carbonyl (C=O) groups is 1. The number of hydrogen-bond donors (Lipinski definition) is 0. The standard InChI is InChI=1S/C21H20F2N2O3/c1-25-14-24-21(19(25)26,16-8-10-18(11-9-16)28-20(22)23)17-7-3-5-15(13-17)6-4-12-27-2/h3-11,13-14,20H,12H2,1-2H3/t21-/m0/s1. The molecule has 1 aliphatic rings. The maximum absolute atomic E-state index is 13.1. The summed E-state index contributed by atoms with van der Waals surface area (Å²) < 4.78 is 34.3. The minimum atomic E-state index is -2.91. The van der Waals surface area contributed by atoms with E-state index in [9.17, 15) is 13.6 Å². The van der Waals surface area contributed by atoms with Gasteiger partial charge in [-0.15, -0.1) is 0 Å². The van der Waals surface area contributed by atoms with Crippen molar-refractivity contribution in [2.24, 2.45) is 4.99 Å². The maximum Gasteiger partial charge on any atom is 0.387 e. The summed E-state index contributed by atoms with van der Waals surface area (Å²) >= 11 is 0. The normalized spacial score (nSPS) is 19.2. The van der Waals surface area contributed by atoms with Crippen molar-refractivity contribution < 1.29 is 23.0 Å². The number of halogens is 2. The van der Waals surface area contributed by atoms with Crippen molar-refractivity contribution in [1.82, 2.24) is 4.90 Å². The van der Waals surface area contributed by atoms with Crippen LogP contribution in [0.2, 0.25) is 0 Å². The maximum atomic E-state index is 13.1. The number of rotatable bonds is 7. The number of alkyl halides is 2. The van der Waals surface area contributed by atoms with E-state index in [1.807, 2.05) is 36.4 Å². The Morgan fingerprint density at radius 3 is 2.54 bits per heavy atom. The number of methoxy groups -OCH3 is 1. The molecule has 0 fully saturated rings. The minimum Gasteiger partial charge on any atom is -0.435 e. The highest BCUT2D eigenvalue weighted by Gasteiger charge is 2.46. The monoisotopic (exact) mass is 386 g/mol. The number of likely N-dealkylation sites (N-methyl/N-ethyl adjacent to an activating group) is 1. The molecule has 0 aliphatic carbocycles. The van der Waals surface area contributed by atoms with E-state index in [0.29, 0.717) is 17.7 Å². The molecule has 3 rings (SSSR count). The van der Waals surface area contributed by atoms with Crippen molar-refractivity contribution in [2.45, 2.75) is 12.2 Å². The Bertz CT molecular complexity index is 897. The number of ether oxygens (including phenoxy) is 2. The predicted molar refractivity (Wildman–Crippen MR) is 102 cm³/mol. The third-order valence-electron chi connectivity index (χ3n) is 4.43. The second-order valence-electron chi connectivity index (χ2n) is 6.26. The van der Waals surface area contributed by atoms with Gasteiger partial charge in [-0.05, 0) is 34.9 Å². The first kappa shape index (κ1) is 19.7. The van der Waals surface area contributed by atoms with Gasteiger partial charge in [-0.1, -0.05) is 42.5 Å². The Balaban J connectivity index is 2.04. The van der Waals surface area contributed by atoms with Gasteiger partial charge >= 0.3 is 6.61 Å². The van der Waals surface area contributed by atoms with E-state index in [1.165, 1.54) is 23.4 Å². The summed E-state index contributed by atoms with van der Waals surface area (Å²) in [4.78, 5) is 19.0. The second-order valence-corrected chi connectivity index (χ2v) is 6.26. The van der Waals surface area contributed by atoms with E-state index >= 15 is 0 Å². The molecule has 5 nitrogen and oxygen atoms in total. The lowest BCUT2D eigenvalue weighted by Gasteiger charge is -2.27. The van der Waals surface area contributed by atoms with Crippen molar-refractivity contribution in [3.8, 4) is 5.75 Å². The largest absolute Gasteiger partial charge is 0.435 e. The van der Waals surface area contributed by atoms with Crippen LogP contribution in [-0.4, -0.2) is 44.5 Å². The molecule has 0 bridgehead atoms. The average molecular weight is 386 g/mol. The molecule has 146 valence electrons. The van der Waals surface area contributed by atoms with E-state index in [0.717, 1.165) is 5.56 Å². The summed E-state index contributed by atoms with van der Waals surface area (Å²) in [5, 5.41) is 0. The first-order valence-electron chi connectivity index (χ1n) is 8.61. The van der Waals surface area contributed by atoms with E-state index in [2.05, 4.69) is 9.73 Å². The number of amides is 1. The first-order valence-corrected chi connectivity index (χ1v) is 8.61. The summed E-state index contributed by atoms with van der Waals surface area (Å²) in [6.45, 7) is -2.44. The zero-order valence-electron chi connectivity index (χ0n) is 15.5. The molecular formula is C21H20F2N2O3. The quantitative estimate of drug-likeness (QED) is 0.729. The van der Waals surface area contributed by atoms with Crippen molar-refractivity contribution in [2.75, 3.05) is 20.8 Å². The molecule has 28 heavy (non-hydrogen) atoms. The van der Waals surface area contributed by atoms with Crippen LogP contribution in [-0.2, 0) is 15.1 Å². The fourth-order valence-electron chi connectivity index (χ4n) is 3.12. The fraction of sp³-hybridized carbons (Fsp3) is 0.238. The molecule has 0 saturated heterocycles. The molecule has 0 aromatic heterocycles. The Labute approximate surface area is 161 Å². The van der Waals surface area contributed by atoms with E-state index in [4.69, 9.17) is 4.74 Å². The van der Waals surface area contributed by atoms with Gasteiger partial charge in [0, 0.05) is 14.2 Å². The minimum absolute atomic E-state index is 0.0212. The SMILES string of the molecule is COCC=Cc1cccc([C@]2(c3ccc(OC(F)F)cc3)N=CN(C)C2=O)c1. The number of hydrogen-bond acceptors (Lipinski definition) is 4. The highest BCUT2D eigenvalue weighted by molar-refractivity contribution is 6.03. The van der Waals surface area contributed by atoms with Crippen molar-refractivity contribution >= 4 is 18.3 Å². The van der Waals surface area contributed by atoms with Crippen LogP contribution in [0.15, 0.2) is 59.6 Å². The molecule has 1 atom stereocenters. The van der Waals surface area contributed by atoms with Crippen molar-refractivity contribution in [3.63, 3.8) is 0 Å². The zero-order valence-corrected chi connectivity index (χ0v) is 15.5. The van der Waals surface area contributed by atoms with Gasteiger partial charge in [0.1, 0.15) is 5.75 Å². The average Bonchev–Trinajstić information content (AvgIpc) is 2.98. The molecule has 0 spiro atoms. The number of benzene rings is 2. The topological polar surface area (TPSA) is 51.1 Å². The van der Waals surface area contributed by atoms with E-state index < -0.39 is 12.2 Å². The molecule has 7 heteroatoms. The van der Waals surface area contributed by atoms with Gasteiger partial charge in [0.2, 0.25) is 0 Å².